The van der Waals surface area contributed by atoms with E-state index < -0.39 is 0 Å². The van der Waals surface area contributed by atoms with Gasteiger partial charge in [0.15, 0.2) is 0 Å². The number of aryl methyl sites for hydroxylation is 1. The molecule has 5 heteroatoms. The van der Waals surface area contributed by atoms with Gasteiger partial charge in [0, 0.05) is 24.8 Å². The molecule has 0 aliphatic carbocycles. The lowest BCUT2D eigenvalue weighted by Crippen LogP contribution is -2.40. The minimum atomic E-state index is -0.269. The van der Waals surface area contributed by atoms with E-state index in [2.05, 4.69) is 14.9 Å². The zero-order valence-corrected chi connectivity index (χ0v) is 9.57. The summed E-state index contributed by atoms with van der Waals surface area (Å²) in [6.07, 6.45) is 4.49. The summed E-state index contributed by atoms with van der Waals surface area (Å²) in [5.74, 6) is 0. The Balaban J connectivity index is 2.23. The lowest BCUT2D eigenvalue weighted by molar-refractivity contribution is 0.499. The predicted octanol–water partition coefficient (Wildman–Crippen LogP) is 0.260. The molecule has 1 saturated heterocycles. The highest BCUT2D eigenvalue weighted by atomic mass is 16.1. The fourth-order valence-corrected chi connectivity index (χ4v) is 2.11. The minimum Gasteiger partial charge on any atom is -0.369 e. The third-order valence-electron chi connectivity index (χ3n) is 3.10. The molecular weight excluding hydrogens is 204 g/mol. The third-order valence-corrected chi connectivity index (χ3v) is 3.10. The van der Waals surface area contributed by atoms with Crippen molar-refractivity contribution in [1.82, 2.24) is 9.97 Å². The monoisotopic (exact) mass is 222 g/mol. The molecule has 1 aliphatic rings. The van der Waals surface area contributed by atoms with Crippen LogP contribution in [0.2, 0.25) is 0 Å². The molecule has 0 saturated carbocycles. The molecule has 16 heavy (non-hydrogen) atoms. The number of nitrogens with two attached hydrogens (primary N) is 1. The SMILES string of the molecule is CCc1[nH]c(=O)ncc1N1CCC(N)CC1. The van der Waals surface area contributed by atoms with Crippen LogP contribution in [0.4, 0.5) is 5.69 Å². The van der Waals surface area contributed by atoms with E-state index in [1.54, 1.807) is 6.20 Å². The summed E-state index contributed by atoms with van der Waals surface area (Å²) >= 11 is 0. The maximum absolute atomic E-state index is 11.1. The summed E-state index contributed by atoms with van der Waals surface area (Å²) in [5, 5.41) is 0. The Labute approximate surface area is 94.7 Å². The molecule has 88 valence electrons. The van der Waals surface area contributed by atoms with Crippen molar-refractivity contribution in [2.45, 2.75) is 32.2 Å². The second kappa shape index (κ2) is 4.65. The number of aromatic amines is 1. The number of H-pyrrole nitrogens is 1. The van der Waals surface area contributed by atoms with Crippen molar-refractivity contribution in [3.8, 4) is 0 Å². The van der Waals surface area contributed by atoms with Crippen molar-refractivity contribution in [3.05, 3.63) is 22.4 Å². The second-order valence-corrected chi connectivity index (χ2v) is 4.23. The number of hydrogen-bond donors (Lipinski definition) is 2. The van der Waals surface area contributed by atoms with Gasteiger partial charge in [-0.1, -0.05) is 6.92 Å². The van der Waals surface area contributed by atoms with Crippen LogP contribution >= 0.6 is 0 Å². The predicted molar refractivity (Wildman–Crippen MR) is 63.7 cm³/mol. The average molecular weight is 222 g/mol. The van der Waals surface area contributed by atoms with Crippen LogP contribution in [0.25, 0.3) is 0 Å². The highest BCUT2D eigenvalue weighted by molar-refractivity contribution is 5.49. The van der Waals surface area contributed by atoms with Gasteiger partial charge in [0.1, 0.15) is 0 Å². The Bertz CT molecular complexity index is 407. The molecule has 0 bridgehead atoms. The smallest absolute Gasteiger partial charge is 0.345 e. The van der Waals surface area contributed by atoms with Gasteiger partial charge in [0.25, 0.3) is 0 Å². The van der Waals surface area contributed by atoms with Gasteiger partial charge in [0.05, 0.1) is 11.9 Å². The van der Waals surface area contributed by atoms with E-state index in [1.165, 1.54) is 0 Å². The Kier molecular flexibility index (Phi) is 3.24. The van der Waals surface area contributed by atoms with Gasteiger partial charge >= 0.3 is 5.69 Å². The largest absolute Gasteiger partial charge is 0.369 e. The van der Waals surface area contributed by atoms with E-state index in [0.717, 1.165) is 43.7 Å². The van der Waals surface area contributed by atoms with E-state index in [9.17, 15) is 4.79 Å². The summed E-state index contributed by atoms with van der Waals surface area (Å²) in [7, 11) is 0. The van der Waals surface area contributed by atoms with E-state index in [4.69, 9.17) is 5.73 Å². The zero-order chi connectivity index (χ0) is 11.5. The number of rotatable bonds is 2. The summed E-state index contributed by atoms with van der Waals surface area (Å²) in [6.45, 7) is 3.92. The van der Waals surface area contributed by atoms with Crippen molar-refractivity contribution < 1.29 is 0 Å². The van der Waals surface area contributed by atoms with Gasteiger partial charge in [-0.15, -0.1) is 0 Å². The van der Waals surface area contributed by atoms with Crippen molar-refractivity contribution in [1.29, 1.82) is 0 Å². The number of aromatic nitrogens is 2. The first-order chi connectivity index (χ1) is 7.70. The molecular formula is C11H18N4O. The first-order valence-electron chi connectivity index (χ1n) is 5.79. The molecule has 1 aliphatic heterocycles. The lowest BCUT2D eigenvalue weighted by atomic mass is 10.1. The molecule has 0 unspecified atom stereocenters. The Morgan fingerprint density at radius 2 is 2.25 bits per heavy atom. The molecule has 1 aromatic heterocycles. The normalized spacial score (nSPS) is 17.8. The van der Waals surface area contributed by atoms with Crippen LogP contribution in [0.5, 0.6) is 0 Å². The lowest BCUT2D eigenvalue weighted by Gasteiger charge is -2.32. The highest BCUT2D eigenvalue weighted by Crippen LogP contribution is 2.20. The number of hydrogen-bond acceptors (Lipinski definition) is 4. The van der Waals surface area contributed by atoms with Crippen molar-refractivity contribution >= 4 is 5.69 Å². The molecule has 0 aromatic carbocycles. The molecule has 2 rings (SSSR count). The molecule has 2 heterocycles. The quantitative estimate of drug-likeness (QED) is 0.752. The van der Waals surface area contributed by atoms with Crippen molar-refractivity contribution in [2.24, 2.45) is 5.73 Å². The highest BCUT2D eigenvalue weighted by Gasteiger charge is 2.18. The second-order valence-electron chi connectivity index (χ2n) is 4.23. The molecule has 3 N–H and O–H groups in total. The summed E-state index contributed by atoms with van der Waals surface area (Å²) < 4.78 is 0. The van der Waals surface area contributed by atoms with Crippen LogP contribution in [-0.4, -0.2) is 29.1 Å². The molecule has 1 aromatic rings. The van der Waals surface area contributed by atoms with E-state index in [1.807, 2.05) is 6.92 Å². The maximum atomic E-state index is 11.1. The topological polar surface area (TPSA) is 75.0 Å². The van der Waals surface area contributed by atoms with Crippen LogP contribution in [-0.2, 0) is 6.42 Å². The fourth-order valence-electron chi connectivity index (χ4n) is 2.11. The zero-order valence-electron chi connectivity index (χ0n) is 9.57. The number of piperidine rings is 1. The van der Waals surface area contributed by atoms with Crippen LogP contribution < -0.4 is 16.3 Å². The van der Waals surface area contributed by atoms with E-state index in [0.29, 0.717) is 6.04 Å². The molecule has 5 nitrogen and oxygen atoms in total. The molecule has 0 amide bonds. The molecule has 0 radical (unpaired) electrons. The van der Waals surface area contributed by atoms with Crippen molar-refractivity contribution in [3.63, 3.8) is 0 Å². The van der Waals surface area contributed by atoms with Gasteiger partial charge in [-0.25, -0.2) is 4.79 Å². The first-order valence-corrected chi connectivity index (χ1v) is 5.79. The van der Waals surface area contributed by atoms with E-state index in [-0.39, 0.29) is 5.69 Å². The molecule has 0 atom stereocenters. The van der Waals surface area contributed by atoms with Gasteiger partial charge in [-0.05, 0) is 19.3 Å². The Hall–Kier alpha value is -1.36. The van der Waals surface area contributed by atoms with Crippen LogP contribution in [0.15, 0.2) is 11.0 Å². The standard InChI is InChI=1S/C11H18N4O/c1-2-9-10(7-13-11(16)14-9)15-5-3-8(12)4-6-15/h7-8H,2-6,12H2,1H3,(H,13,14,16). The number of anilines is 1. The van der Waals surface area contributed by atoms with Crippen molar-refractivity contribution in [2.75, 3.05) is 18.0 Å². The van der Waals surface area contributed by atoms with Gasteiger partial charge < -0.3 is 15.6 Å². The number of nitrogens with zero attached hydrogens (tertiary/aromatic N) is 2. The first kappa shape index (κ1) is 11.1. The van der Waals surface area contributed by atoms with Crippen LogP contribution in [0, 0.1) is 0 Å². The van der Waals surface area contributed by atoms with E-state index >= 15 is 0 Å². The average Bonchev–Trinajstić information content (AvgIpc) is 2.30. The van der Waals surface area contributed by atoms with Gasteiger partial charge in [0.2, 0.25) is 0 Å². The Morgan fingerprint density at radius 1 is 1.56 bits per heavy atom. The van der Waals surface area contributed by atoms with Gasteiger partial charge in [-0.2, -0.15) is 4.98 Å². The van der Waals surface area contributed by atoms with Gasteiger partial charge in [-0.3, -0.25) is 0 Å². The third kappa shape index (κ3) is 2.24. The van der Waals surface area contributed by atoms with Crippen LogP contribution in [0.1, 0.15) is 25.5 Å². The minimum absolute atomic E-state index is 0.269. The fraction of sp³-hybridized carbons (Fsp3) is 0.636. The number of nitrogens with one attached hydrogen (secondary N) is 1. The summed E-state index contributed by atoms with van der Waals surface area (Å²) in [6, 6.07) is 0.317. The summed E-state index contributed by atoms with van der Waals surface area (Å²) in [4.78, 5) is 20.0. The van der Waals surface area contributed by atoms with Crippen LogP contribution in [0.3, 0.4) is 0 Å². The molecule has 0 spiro atoms. The maximum Gasteiger partial charge on any atom is 0.345 e. The molecule has 1 fully saturated rings. The Morgan fingerprint density at radius 3 is 2.88 bits per heavy atom. The summed E-state index contributed by atoms with van der Waals surface area (Å²) in [5.41, 5.74) is 7.62.